The van der Waals surface area contributed by atoms with Gasteiger partial charge in [0, 0.05) is 19.1 Å². The molecule has 2 atom stereocenters. The molecule has 0 bridgehead atoms. The van der Waals surface area contributed by atoms with E-state index in [1.807, 2.05) is 11.8 Å². The largest absolute Gasteiger partial charge is 0.481 e. The lowest BCUT2D eigenvalue weighted by Gasteiger charge is -2.35. The van der Waals surface area contributed by atoms with Gasteiger partial charge in [-0.15, -0.1) is 0 Å². The lowest BCUT2D eigenvalue weighted by atomic mass is 9.94. The van der Waals surface area contributed by atoms with Gasteiger partial charge in [-0.05, 0) is 19.9 Å². The molecule has 98 valence electrons. The average molecular weight is 244 g/mol. The van der Waals surface area contributed by atoms with Gasteiger partial charge < -0.3 is 20.1 Å². The van der Waals surface area contributed by atoms with Crippen molar-refractivity contribution >= 4 is 12.1 Å². The van der Waals surface area contributed by atoms with Gasteiger partial charge in [-0.1, -0.05) is 6.92 Å². The second-order valence-electron chi connectivity index (χ2n) is 4.18. The fraction of sp³-hybridized carbons (Fsp3) is 0.818. The molecular weight excluding hydrogens is 224 g/mol. The summed E-state index contributed by atoms with van der Waals surface area (Å²) in [7, 11) is 0. The Labute approximate surface area is 101 Å². The van der Waals surface area contributed by atoms with Crippen LogP contribution in [0.2, 0.25) is 0 Å². The van der Waals surface area contributed by atoms with Gasteiger partial charge in [-0.3, -0.25) is 4.79 Å². The summed E-state index contributed by atoms with van der Waals surface area (Å²) in [5.74, 6) is -1.23. The van der Waals surface area contributed by atoms with Crippen LogP contribution in [0.4, 0.5) is 4.79 Å². The molecule has 6 nitrogen and oxygen atoms in total. The van der Waals surface area contributed by atoms with Crippen molar-refractivity contribution in [3.8, 4) is 0 Å². The topological polar surface area (TPSA) is 78.9 Å². The number of carboxylic acid groups (broad SMARTS) is 1. The smallest absolute Gasteiger partial charge is 0.407 e. The van der Waals surface area contributed by atoms with Crippen LogP contribution in [0.25, 0.3) is 0 Å². The van der Waals surface area contributed by atoms with Crippen molar-refractivity contribution in [2.75, 3.05) is 26.2 Å². The zero-order valence-corrected chi connectivity index (χ0v) is 10.3. The summed E-state index contributed by atoms with van der Waals surface area (Å²) in [5.41, 5.74) is 0. The van der Waals surface area contributed by atoms with E-state index < -0.39 is 18.0 Å². The summed E-state index contributed by atoms with van der Waals surface area (Å²) in [6.07, 6.45) is -0.00966. The van der Waals surface area contributed by atoms with Crippen molar-refractivity contribution in [1.82, 2.24) is 10.2 Å². The molecule has 17 heavy (non-hydrogen) atoms. The van der Waals surface area contributed by atoms with Gasteiger partial charge in [0.15, 0.2) is 0 Å². The summed E-state index contributed by atoms with van der Waals surface area (Å²) in [5, 5.41) is 11.7. The summed E-state index contributed by atoms with van der Waals surface area (Å²) in [4.78, 5) is 24.3. The van der Waals surface area contributed by atoms with E-state index in [0.717, 1.165) is 6.54 Å². The van der Waals surface area contributed by atoms with Crippen molar-refractivity contribution in [2.24, 2.45) is 5.92 Å². The SMILES string of the molecule is CCOC(=O)NC1CC(C(=O)O)CN(CC)C1. The zero-order chi connectivity index (χ0) is 12.8. The Balaban J connectivity index is 2.53. The van der Waals surface area contributed by atoms with Crippen LogP contribution in [-0.4, -0.2) is 54.4 Å². The Hall–Kier alpha value is -1.30. The van der Waals surface area contributed by atoms with E-state index in [1.54, 1.807) is 6.92 Å². The minimum atomic E-state index is -0.807. The molecule has 0 aromatic rings. The second kappa shape index (κ2) is 6.44. The van der Waals surface area contributed by atoms with Crippen LogP contribution in [0.15, 0.2) is 0 Å². The first-order valence-corrected chi connectivity index (χ1v) is 5.95. The normalized spacial score (nSPS) is 25.3. The number of amides is 1. The van der Waals surface area contributed by atoms with Gasteiger partial charge in [-0.25, -0.2) is 4.79 Å². The standard InChI is InChI=1S/C11H20N2O4/c1-3-13-6-8(10(14)15)5-9(7-13)12-11(16)17-4-2/h8-9H,3-7H2,1-2H3,(H,12,16)(H,14,15). The number of aliphatic carboxylic acids is 1. The van der Waals surface area contributed by atoms with E-state index in [-0.39, 0.29) is 6.04 Å². The number of carbonyl (C=O) groups is 2. The first kappa shape index (κ1) is 13.8. The van der Waals surface area contributed by atoms with Crippen molar-refractivity contribution < 1.29 is 19.4 Å². The van der Waals surface area contributed by atoms with Gasteiger partial charge in [0.2, 0.25) is 0 Å². The Morgan fingerprint density at radius 3 is 2.65 bits per heavy atom. The van der Waals surface area contributed by atoms with Crippen LogP contribution in [-0.2, 0) is 9.53 Å². The number of hydrogen-bond acceptors (Lipinski definition) is 4. The van der Waals surface area contributed by atoms with Gasteiger partial charge in [-0.2, -0.15) is 0 Å². The first-order valence-electron chi connectivity index (χ1n) is 5.95. The molecule has 0 saturated carbocycles. The lowest BCUT2D eigenvalue weighted by molar-refractivity contribution is -0.144. The third-order valence-electron chi connectivity index (χ3n) is 2.92. The van der Waals surface area contributed by atoms with Crippen molar-refractivity contribution in [3.05, 3.63) is 0 Å². The van der Waals surface area contributed by atoms with Crippen LogP contribution >= 0.6 is 0 Å². The molecule has 2 unspecified atom stereocenters. The summed E-state index contributed by atoms with van der Waals surface area (Å²) in [6.45, 7) is 6.04. The Morgan fingerprint density at radius 2 is 2.12 bits per heavy atom. The maximum absolute atomic E-state index is 11.3. The molecule has 0 radical (unpaired) electrons. The first-order chi connectivity index (χ1) is 8.06. The predicted octanol–water partition coefficient (Wildman–Crippen LogP) is 0.528. The van der Waals surface area contributed by atoms with Crippen LogP contribution in [0.5, 0.6) is 0 Å². The van der Waals surface area contributed by atoms with Crippen molar-refractivity contribution in [3.63, 3.8) is 0 Å². The number of alkyl carbamates (subject to hydrolysis) is 1. The summed E-state index contributed by atoms with van der Waals surface area (Å²) in [6, 6.07) is -0.149. The minimum Gasteiger partial charge on any atom is -0.481 e. The predicted molar refractivity (Wildman–Crippen MR) is 61.8 cm³/mol. The lowest BCUT2D eigenvalue weighted by Crippen LogP contribution is -2.52. The number of piperidine rings is 1. The van der Waals surface area contributed by atoms with Gasteiger partial charge in [0.25, 0.3) is 0 Å². The average Bonchev–Trinajstić information content (AvgIpc) is 2.28. The number of carboxylic acids is 1. The quantitative estimate of drug-likeness (QED) is 0.754. The molecule has 0 spiro atoms. The number of ether oxygens (including phenoxy) is 1. The monoisotopic (exact) mass is 244 g/mol. The molecule has 1 saturated heterocycles. The highest BCUT2D eigenvalue weighted by molar-refractivity contribution is 5.71. The molecule has 0 aliphatic carbocycles. The highest BCUT2D eigenvalue weighted by Crippen LogP contribution is 2.17. The summed E-state index contributed by atoms with van der Waals surface area (Å²) < 4.78 is 4.79. The molecular formula is C11H20N2O4. The number of hydrogen-bond donors (Lipinski definition) is 2. The Morgan fingerprint density at radius 1 is 1.41 bits per heavy atom. The highest BCUT2D eigenvalue weighted by Gasteiger charge is 2.31. The number of rotatable bonds is 4. The highest BCUT2D eigenvalue weighted by atomic mass is 16.5. The van der Waals surface area contributed by atoms with E-state index in [0.29, 0.717) is 26.1 Å². The van der Waals surface area contributed by atoms with Crippen LogP contribution in [0.3, 0.4) is 0 Å². The summed E-state index contributed by atoms with van der Waals surface area (Å²) >= 11 is 0. The minimum absolute atomic E-state index is 0.149. The number of likely N-dealkylation sites (N-methyl/N-ethyl adjacent to an activating group) is 1. The number of carbonyl (C=O) groups excluding carboxylic acids is 1. The maximum Gasteiger partial charge on any atom is 0.407 e. The fourth-order valence-electron chi connectivity index (χ4n) is 2.07. The molecule has 0 aromatic carbocycles. The third-order valence-corrected chi connectivity index (χ3v) is 2.92. The fourth-order valence-corrected chi connectivity index (χ4v) is 2.07. The van der Waals surface area contributed by atoms with Crippen LogP contribution in [0.1, 0.15) is 20.3 Å². The molecule has 1 aliphatic heterocycles. The third kappa shape index (κ3) is 4.22. The van der Waals surface area contributed by atoms with Crippen molar-refractivity contribution in [1.29, 1.82) is 0 Å². The van der Waals surface area contributed by atoms with Gasteiger partial charge in [0.05, 0.1) is 12.5 Å². The van der Waals surface area contributed by atoms with E-state index in [2.05, 4.69) is 5.32 Å². The van der Waals surface area contributed by atoms with E-state index in [1.165, 1.54) is 0 Å². The number of nitrogens with one attached hydrogen (secondary N) is 1. The molecule has 1 rings (SSSR count). The molecule has 1 heterocycles. The molecule has 1 aliphatic rings. The molecule has 6 heteroatoms. The second-order valence-corrected chi connectivity index (χ2v) is 4.18. The molecule has 0 aromatic heterocycles. The molecule has 1 fully saturated rings. The van der Waals surface area contributed by atoms with Crippen molar-refractivity contribution in [2.45, 2.75) is 26.3 Å². The number of nitrogens with zero attached hydrogens (tertiary/aromatic N) is 1. The van der Waals surface area contributed by atoms with Crippen LogP contribution < -0.4 is 5.32 Å². The number of likely N-dealkylation sites (tertiary alicyclic amines) is 1. The van der Waals surface area contributed by atoms with E-state index >= 15 is 0 Å². The zero-order valence-electron chi connectivity index (χ0n) is 10.3. The van der Waals surface area contributed by atoms with Crippen LogP contribution in [0, 0.1) is 5.92 Å². The Kier molecular flexibility index (Phi) is 5.21. The van der Waals surface area contributed by atoms with E-state index in [9.17, 15) is 9.59 Å². The maximum atomic E-state index is 11.3. The van der Waals surface area contributed by atoms with E-state index in [4.69, 9.17) is 9.84 Å². The Bertz CT molecular complexity index is 283. The molecule has 1 amide bonds. The van der Waals surface area contributed by atoms with Gasteiger partial charge in [0.1, 0.15) is 0 Å². The van der Waals surface area contributed by atoms with Gasteiger partial charge >= 0.3 is 12.1 Å². The molecule has 2 N–H and O–H groups in total.